The Balaban J connectivity index is 1.65. The molecule has 0 aliphatic rings. The molecule has 0 radical (unpaired) electrons. The molecule has 0 saturated heterocycles. The van der Waals surface area contributed by atoms with Gasteiger partial charge in [-0.25, -0.2) is 9.37 Å². The lowest BCUT2D eigenvalue weighted by Gasteiger charge is -2.03. The quantitative estimate of drug-likeness (QED) is 0.402. The maximum absolute atomic E-state index is 13.0. The molecule has 0 unspecified atom stereocenters. The standard InChI is InChI=1S/C17H10FN5O4/c18-11-3-1-10(2-4-11)16-20-15(27-21-16)8-22-9-19-14-7-12(23(25)26)5-6-13(14)17(22)24/h1-7,9H,8H2. The third kappa shape index (κ3) is 3.15. The predicted molar refractivity (Wildman–Crippen MR) is 91.5 cm³/mol. The molecule has 0 aliphatic heterocycles. The van der Waals surface area contributed by atoms with Crippen LogP contribution in [0.5, 0.6) is 0 Å². The third-order valence-corrected chi connectivity index (χ3v) is 3.90. The molecule has 27 heavy (non-hydrogen) atoms. The van der Waals surface area contributed by atoms with E-state index in [2.05, 4.69) is 15.1 Å². The van der Waals surface area contributed by atoms with Crippen LogP contribution >= 0.6 is 0 Å². The van der Waals surface area contributed by atoms with Gasteiger partial charge in [0, 0.05) is 17.7 Å². The average molecular weight is 367 g/mol. The number of hydrogen-bond acceptors (Lipinski definition) is 7. The fourth-order valence-corrected chi connectivity index (χ4v) is 2.55. The predicted octanol–water partition coefficient (Wildman–Crippen LogP) is 2.54. The topological polar surface area (TPSA) is 117 Å². The van der Waals surface area contributed by atoms with Gasteiger partial charge in [0.25, 0.3) is 11.2 Å². The van der Waals surface area contributed by atoms with Crippen molar-refractivity contribution < 1.29 is 13.8 Å². The second kappa shape index (κ2) is 6.41. The summed E-state index contributed by atoms with van der Waals surface area (Å²) in [7, 11) is 0. The lowest BCUT2D eigenvalue weighted by Crippen LogP contribution is -2.21. The van der Waals surface area contributed by atoms with Gasteiger partial charge in [0.05, 0.1) is 22.2 Å². The zero-order valence-corrected chi connectivity index (χ0v) is 13.6. The molecular weight excluding hydrogens is 357 g/mol. The van der Waals surface area contributed by atoms with E-state index in [0.29, 0.717) is 5.56 Å². The molecule has 0 saturated carbocycles. The molecule has 0 spiro atoms. The van der Waals surface area contributed by atoms with Gasteiger partial charge in [0.1, 0.15) is 12.4 Å². The summed E-state index contributed by atoms with van der Waals surface area (Å²) in [6, 6.07) is 9.43. The molecule has 0 fully saturated rings. The normalized spacial score (nSPS) is 11.0. The Labute approximate surface area is 149 Å². The van der Waals surface area contributed by atoms with Gasteiger partial charge in [0.2, 0.25) is 11.7 Å². The Bertz CT molecular complexity index is 1220. The number of benzene rings is 2. The van der Waals surface area contributed by atoms with Crippen molar-refractivity contribution in [3.63, 3.8) is 0 Å². The van der Waals surface area contributed by atoms with Crippen LogP contribution < -0.4 is 5.56 Å². The highest BCUT2D eigenvalue weighted by molar-refractivity contribution is 5.79. The first-order valence-electron chi connectivity index (χ1n) is 7.73. The molecular formula is C17H10FN5O4. The molecule has 4 aromatic rings. The highest BCUT2D eigenvalue weighted by Gasteiger charge is 2.13. The summed E-state index contributed by atoms with van der Waals surface area (Å²) in [5, 5.41) is 14.9. The van der Waals surface area contributed by atoms with Crippen molar-refractivity contribution in [2.24, 2.45) is 0 Å². The van der Waals surface area contributed by atoms with E-state index in [1.165, 1.54) is 53.4 Å². The van der Waals surface area contributed by atoms with Gasteiger partial charge in [-0.15, -0.1) is 0 Å². The molecule has 134 valence electrons. The van der Waals surface area contributed by atoms with Crippen molar-refractivity contribution in [1.82, 2.24) is 19.7 Å². The maximum atomic E-state index is 13.0. The van der Waals surface area contributed by atoms with E-state index in [9.17, 15) is 19.3 Å². The summed E-state index contributed by atoms with van der Waals surface area (Å²) in [5.74, 6) is 0.0541. The highest BCUT2D eigenvalue weighted by Crippen LogP contribution is 2.18. The Morgan fingerprint density at radius 3 is 2.70 bits per heavy atom. The van der Waals surface area contributed by atoms with Crippen LogP contribution in [0.3, 0.4) is 0 Å². The summed E-state index contributed by atoms with van der Waals surface area (Å²) in [6.45, 7) is -0.0209. The average Bonchev–Trinajstić information content (AvgIpc) is 3.13. The molecule has 10 heteroatoms. The van der Waals surface area contributed by atoms with Gasteiger partial charge in [0.15, 0.2) is 0 Å². The van der Waals surface area contributed by atoms with Crippen molar-refractivity contribution >= 4 is 16.6 Å². The summed E-state index contributed by atoms with van der Waals surface area (Å²) >= 11 is 0. The first-order chi connectivity index (χ1) is 13.0. The van der Waals surface area contributed by atoms with Crippen LogP contribution in [0.4, 0.5) is 10.1 Å². The minimum atomic E-state index is -0.554. The molecule has 2 aromatic carbocycles. The SMILES string of the molecule is O=c1c2ccc([N+](=O)[O-])cc2ncn1Cc1nc(-c2ccc(F)cc2)no1. The molecule has 2 aromatic heterocycles. The van der Waals surface area contributed by atoms with E-state index < -0.39 is 10.5 Å². The van der Waals surface area contributed by atoms with Gasteiger partial charge >= 0.3 is 0 Å². The van der Waals surface area contributed by atoms with Gasteiger partial charge in [-0.05, 0) is 30.3 Å². The monoisotopic (exact) mass is 367 g/mol. The fraction of sp³-hybridized carbons (Fsp3) is 0.0588. The van der Waals surface area contributed by atoms with Crippen molar-refractivity contribution in [3.8, 4) is 11.4 Å². The van der Waals surface area contributed by atoms with Gasteiger partial charge in [-0.1, -0.05) is 5.16 Å². The summed E-state index contributed by atoms with van der Waals surface area (Å²) in [6.07, 6.45) is 1.26. The van der Waals surface area contributed by atoms with Crippen molar-refractivity contribution in [1.29, 1.82) is 0 Å². The summed E-state index contributed by atoms with van der Waals surface area (Å²) < 4.78 is 19.4. The van der Waals surface area contributed by atoms with Crippen LogP contribution in [0.1, 0.15) is 5.89 Å². The molecule has 0 aliphatic carbocycles. The van der Waals surface area contributed by atoms with Crippen molar-refractivity contribution in [3.05, 3.63) is 81.0 Å². The molecule has 9 nitrogen and oxygen atoms in total. The van der Waals surface area contributed by atoms with Crippen LogP contribution in [0.2, 0.25) is 0 Å². The molecule has 0 atom stereocenters. The summed E-state index contributed by atoms with van der Waals surface area (Å²) in [4.78, 5) is 31.1. The number of nitro groups is 1. The zero-order chi connectivity index (χ0) is 19.0. The highest BCUT2D eigenvalue weighted by atomic mass is 19.1. The number of nitro benzene ring substituents is 1. The zero-order valence-electron chi connectivity index (χ0n) is 13.6. The smallest absolute Gasteiger partial charge is 0.271 e. The number of rotatable bonds is 4. The number of hydrogen-bond donors (Lipinski definition) is 0. The van der Waals surface area contributed by atoms with Gasteiger partial charge < -0.3 is 4.52 Å². The summed E-state index contributed by atoms with van der Waals surface area (Å²) in [5.41, 5.74) is 0.259. The van der Waals surface area contributed by atoms with Crippen molar-refractivity contribution in [2.75, 3.05) is 0 Å². The lowest BCUT2D eigenvalue weighted by molar-refractivity contribution is -0.384. The Morgan fingerprint density at radius 1 is 1.19 bits per heavy atom. The molecule has 2 heterocycles. The first-order valence-corrected chi connectivity index (χ1v) is 7.73. The minimum Gasteiger partial charge on any atom is -0.337 e. The van der Waals surface area contributed by atoms with E-state index >= 15 is 0 Å². The number of fused-ring (bicyclic) bond motifs is 1. The van der Waals surface area contributed by atoms with Crippen LogP contribution in [0.25, 0.3) is 22.3 Å². The minimum absolute atomic E-state index is 0.0209. The Morgan fingerprint density at radius 2 is 1.96 bits per heavy atom. The van der Waals surface area contributed by atoms with Crippen LogP contribution in [0, 0.1) is 15.9 Å². The lowest BCUT2D eigenvalue weighted by atomic mass is 10.2. The molecule has 0 amide bonds. The van der Waals surface area contributed by atoms with E-state index in [-0.39, 0.29) is 40.7 Å². The maximum Gasteiger partial charge on any atom is 0.271 e. The molecule has 4 rings (SSSR count). The molecule has 0 N–H and O–H groups in total. The van der Waals surface area contributed by atoms with E-state index in [1.54, 1.807) is 0 Å². The Hall–Kier alpha value is -3.95. The van der Waals surface area contributed by atoms with E-state index in [1.807, 2.05) is 0 Å². The second-order valence-corrected chi connectivity index (χ2v) is 5.65. The number of halogens is 1. The number of non-ortho nitro benzene ring substituents is 1. The van der Waals surface area contributed by atoms with Crippen LogP contribution in [-0.2, 0) is 6.54 Å². The third-order valence-electron chi connectivity index (χ3n) is 3.90. The van der Waals surface area contributed by atoms with E-state index in [0.717, 1.165) is 0 Å². The number of nitrogens with zero attached hydrogens (tertiary/aromatic N) is 5. The van der Waals surface area contributed by atoms with Gasteiger partial charge in [-0.3, -0.25) is 19.5 Å². The largest absolute Gasteiger partial charge is 0.337 e. The number of aromatic nitrogens is 4. The second-order valence-electron chi connectivity index (χ2n) is 5.65. The van der Waals surface area contributed by atoms with Crippen LogP contribution in [-0.4, -0.2) is 24.6 Å². The molecule has 0 bridgehead atoms. The van der Waals surface area contributed by atoms with Crippen LogP contribution in [0.15, 0.2) is 58.1 Å². The first kappa shape index (κ1) is 16.5. The fourth-order valence-electron chi connectivity index (χ4n) is 2.55. The van der Waals surface area contributed by atoms with Gasteiger partial charge in [-0.2, -0.15) is 4.98 Å². The van der Waals surface area contributed by atoms with Crippen molar-refractivity contribution in [2.45, 2.75) is 6.54 Å². The van der Waals surface area contributed by atoms with E-state index in [4.69, 9.17) is 4.52 Å². The Kier molecular flexibility index (Phi) is 3.92.